The van der Waals surface area contributed by atoms with Crippen molar-refractivity contribution in [1.29, 1.82) is 0 Å². The van der Waals surface area contributed by atoms with E-state index in [2.05, 4.69) is 31.0 Å². The Morgan fingerprint density at radius 3 is 3.00 bits per heavy atom. The van der Waals surface area contributed by atoms with Crippen LogP contribution in [-0.2, 0) is 0 Å². The Balaban J connectivity index is 2.24. The molecule has 6 heteroatoms. The molecule has 0 bridgehead atoms. The number of fused-ring (bicyclic) bond motifs is 1. The largest absolute Gasteiger partial charge is 0.461 e. The van der Waals surface area contributed by atoms with Crippen molar-refractivity contribution in [2.75, 3.05) is 0 Å². The summed E-state index contributed by atoms with van der Waals surface area (Å²) in [6.45, 7) is 1.92. The predicted octanol–water partition coefficient (Wildman–Crippen LogP) is 2.39. The number of halogens is 1. The number of imidazole rings is 1. The number of aryl methyl sites for hydroxylation is 1. The monoisotopic (exact) mass is 266 g/mol. The number of rotatable bonds is 1. The molecule has 5 nitrogen and oxygen atoms in total. The maximum absolute atomic E-state index is 5.24. The van der Waals surface area contributed by atoms with Crippen LogP contribution in [0.5, 0.6) is 0 Å². The SMILES string of the molecule is Cc1nc2nc(-c3ccco3)[nH]n2c1Br. The Bertz CT molecular complexity index is 607. The summed E-state index contributed by atoms with van der Waals surface area (Å²) in [6, 6.07) is 3.67. The first-order chi connectivity index (χ1) is 7.25. The molecule has 15 heavy (non-hydrogen) atoms. The molecule has 0 saturated carbocycles. The average Bonchev–Trinajstić information content (AvgIpc) is 2.86. The van der Waals surface area contributed by atoms with Crippen molar-refractivity contribution in [2.45, 2.75) is 6.92 Å². The lowest BCUT2D eigenvalue weighted by atomic mass is 10.4. The Kier molecular flexibility index (Phi) is 1.72. The van der Waals surface area contributed by atoms with E-state index in [4.69, 9.17) is 4.42 Å². The third-order valence-corrected chi connectivity index (χ3v) is 3.08. The molecular formula is C9H7BrN4O. The van der Waals surface area contributed by atoms with E-state index in [1.165, 1.54) is 0 Å². The molecule has 3 aromatic rings. The lowest BCUT2D eigenvalue weighted by Crippen LogP contribution is -1.84. The first kappa shape index (κ1) is 8.72. The van der Waals surface area contributed by atoms with E-state index < -0.39 is 0 Å². The molecule has 0 aliphatic rings. The summed E-state index contributed by atoms with van der Waals surface area (Å²) in [4.78, 5) is 8.58. The van der Waals surface area contributed by atoms with E-state index in [1.54, 1.807) is 10.8 Å². The minimum Gasteiger partial charge on any atom is -0.461 e. The summed E-state index contributed by atoms with van der Waals surface area (Å²) in [5.41, 5.74) is 0.903. The van der Waals surface area contributed by atoms with Crippen LogP contribution >= 0.6 is 15.9 Å². The van der Waals surface area contributed by atoms with Crippen molar-refractivity contribution in [3.63, 3.8) is 0 Å². The molecule has 76 valence electrons. The van der Waals surface area contributed by atoms with Crippen LogP contribution in [0.25, 0.3) is 17.4 Å². The van der Waals surface area contributed by atoms with Crippen LogP contribution in [0.4, 0.5) is 0 Å². The van der Waals surface area contributed by atoms with Gasteiger partial charge in [0.05, 0.1) is 12.0 Å². The number of hydrogen-bond acceptors (Lipinski definition) is 3. The number of furan rings is 1. The van der Waals surface area contributed by atoms with Crippen molar-refractivity contribution in [2.24, 2.45) is 0 Å². The first-order valence-corrected chi connectivity index (χ1v) is 5.19. The third-order valence-electron chi connectivity index (χ3n) is 2.15. The molecule has 3 heterocycles. The summed E-state index contributed by atoms with van der Waals surface area (Å²) in [7, 11) is 0. The molecule has 0 spiro atoms. The quantitative estimate of drug-likeness (QED) is 0.736. The topological polar surface area (TPSA) is 59.1 Å². The summed E-state index contributed by atoms with van der Waals surface area (Å²) >= 11 is 3.43. The third kappa shape index (κ3) is 1.21. The van der Waals surface area contributed by atoms with Gasteiger partial charge >= 0.3 is 0 Å². The van der Waals surface area contributed by atoms with Crippen molar-refractivity contribution in [1.82, 2.24) is 19.6 Å². The standard InChI is InChI=1S/C9H7BrN4O/c1-5-7(10)14-9(11-5)12-8(13-14)6-3-2-4-15-6/h2-4H,1H3,(H,11,12,13). The van der Waals surface area contributed by atoms with Crippen molar-refractivity contribution >= 4 is 21.7 Å². The van der Waals surface area contributed by atoms with E-state index in [0.717, 1.165) is 10.3 Å². The Morgan fingerprint density at radius 1 is 1.47 bits per heavy atom. The second kappa shape index (κ2) is 2.96. The van der Waals surface area contributed by atoms with Gasteiger partial charge in [0, 0.05) is 0 Å². The molecule has 3 aromatic heterocycles. The number of aromatic amines is 1. The normalized spacial score (nSPS) is 11.3. The molecule has 0 aliphatic heterocycles. The number of nitrogens with zero attached hydrogens (tertiary/aromatic N) is 3. The maximum Gasteiger partial charge on any atom is 0.252 e. The van der Waals surface area contributed by atoms with Crippen LogP contribution in [0, 0.1) is 6.92 Å². The molecule has 0 aliphatic carbocycles. The van der Waals surface area contributed by atoms with Crippen LogP contribution in [0.15, 0.2) is 27.4 Å². The Hall–Kier alpha value is -1.56. The first-order valence-electron chi connectivity index (χ1n) is 4.40. The summed E-state index contributed by atoms with van der Waals surface area (Å²) in [5, 5.41) is 3.09. The minimum absolute atomic E-state index is 0.630. The van der Waals surface area contributed by atoms with Crippen molar-refractivity contribution < 1.29 is 4.42 Å². The zero-order valence-electron chi connectivity index (χ0n) is 7.86. The second-order valence-corrected chi connectivity index (χ2v) is 3.92. The fourth-order valence-corrected chi connectivity index (χ4v) is 1.76. The van der Waals surface area contributed by atoms with Gasteiger partial charge in [-0.15, -0.1) is 0 Å². The van der Waals surface area contributed by atoms with Gasteiger partial charge in [-0.2, -0.15) is 4.98 Å². The molecule has 0 saturated heterocycles. The van der Waals surface area contributed by atoms with Crippen LogP contribution < -0.4 is 0 Å². The molecule has 1 N–H and O–H groups in total. The maximum atomic E-state index is 5.24. The van der Waals surface area contributed by atoms with E-state index in [1.807, 2.05) is 19.1 Å². The number of nitrogens with one attached hydrogen (secondary N) is 1. The van der Waals surface area contributed by atoms with Gasteiger partial charge < -0.3 is 4.42 Å². The van der Waals surface area contributed by atoms with Crippen LogP contribution in [0.3, 0.4) is 0 Å². The van der Waals surface area contributed by atoms with Gasteiger partial charge in [0.25, 0.3) is 5.78 Å². The van der Waals surface area contributed by atoms with Crippen molar-refractivity contribution in [3.8, 4) is 11.6 Å². The highest BCUT2D eigenvalue weighted by atomic mass is 79.9. The number of H-pyrrole nitrogens is 1. The van der Waals surface area contributed by atoms with Gasteiger partial charge in [-0.1, -0.05) is 0 Å². The van der Waals surface area contributed by atoms with Crippen LogP contribution in [-0.4, -0.2) is 19.6 Å². The second-order valence-electron chi connectivity index (χ2n) is 3.17. The zero-order chi connectivity index (χ0) is 10.4. The minimum atomic E-state index is 0.630. The van der Waals surface area contributed by atoms with Crippen LogP contribution in [0.2, 0.25) is 0 Å². The van der Waals surface area contributed by atoms with Gasteiger partial charge in [-0.05, 0) is 35.0 Å². The van der Waals surface area contributed by atoms with Crippen molar-refractivity contribution in [3.05, 3.63) is 28.7 Å². The summed E-state index contributed by atoms with van der Waals surface area (Å²) in [6.07, 6.45) is 1.61. The fourth-order valence-electron chi connectivity index (χ4n) is 1.42. The lowest BCUT2D eigenvalue weighted by molar-refractivity contribution is 0.577. The van der Waals surface area contributed by atoms with Gasteiger partial charge in [0.2, 0.25) is 0 Å². The zero-order valence-corrected chi connectivity index (χ0v) is 9.45. The van der Waals surface area contributed by atoms with E-state index in [9.17, 15) is 0 Å². The molecule has 3 rings (SSSR count). The summed E-state index contributed by atoms with van der Waals surface area (Å²) in [5.74, 6) is 2.00. The molecule has 0 amide bonds. The van der Waals surface area contributed by atoms with E-state index in [0.29, 0.717) is 17.4 Å². The highest BCUT2D eigenvalue weighted by molar-refractivity contribution is 9.10. The van der Waals surface area contributed by atoms with Gasteiger partial charge in [-0.25, -0.2) is 9.50 Å². The van der Waals surface area contributed by atoms with E-state index >= 15 is 0 Å². The molecule has 0 atom stereocenters. The van der Waals surface area contributed by atoms with Crippen LogP contribution in [0.1, 0.15) is 5.69 Å². The van der Waals surface area contributed by atoms with Gasteiger partial charge in [0.15, 0.2) is 11.6 Å². The lowest BCUT2D eigenvalue weighted by Gasteiger charge is -1.89. The average molecular weight is 267 g/mol. The molecule has 0 fully saturated rings. The number of hydrogen-bond donors (Lipinski definition) is 1. The predicted molar refractivity (Wildman–Crippen MR) is 57.5 cm³/mol. The molecular weight excluding hydrogens is 260 g/mol. The fraction of sp³-hybridized carbons (Fsp3) is 0.111. The van der Waals surface area contributed by atoms with E-state index in [-0.39, 0.29) is 0 Å². The van der Waals surface area contributed by atoms with Gasteiger partial charge in [0.1, 0.15) is 4.60 Å². The Labute approximate surface area is 93.3 Å². The van der Waals surface area contributed by atoms with Gasteiger partial charge in [-0.3, -0.25) is 5.10 Å². The molecule has 0 radical (unpaired) electrons. The summed E-state index contributed by atoms with van der Waals surface area (Å²) < 4.78 is 7.89. The number of aromatic nitrogens is 4. The molecule has 0 unspecified atom stereocenters. The highest BCUT2D eigenvalue weighted by Gasteiger charge is 2.12. The Morgan fingerprint density at radius 2 is 2.33 bits per heavy atom. The molecule has 0 aromatic carbocycles. The highest BCUT2D eigenvalue weighted by Crippen LogP contribution is 2.21. The smallest absolute Gasteiger partial charge is 0.252 e.